The van der Waals surface area contributed by atoms with Crippen molar-refractivity contribution in [1.82, 2.24) is 14.9 Å². The molecule has 5 nitrogen and oxygen atoms in total. The van der Waals surface area contributed by atoms with Crippen molar-refractivity contribution in [2.75, 3.05) is 19.6 Å². The normalized spacial score (nSPS) is 15.4. The van der Waals surface area contributed by atoms with Crippen LogP contribution in [0.2, 0.25) is 10.0 Å². The Morgan fingerprint density at radius 1 is 1.15 bits per heavy atom. The van der Waals surface area contributed by atoms with E-state index >= 15 is 0 Å². The van der Waals surface area contributed by atoms with E-state index in [0.29, 0.717) is 16.6 Å². The third-order valence-electron chi connectivity index (χ3n) is 4.84. The van der Waals surface area contributed by atoms with Crippen molar-refractivity contribution < 1.29 is 4.79 Å². The molecule has 144 valence electrons. The Hall–Kier alpha value is -1.82. The fraction of sp³-hybridized carbons (Fsp3) is 0.400. The first-order valence-corrected chi connectivity index (χ1v) is 9.90. The smallest absolute Gasteiger partial charge is 0.254 e. The number of piperidine rings is 1. The van der Waals surface area contributed by atoms with Gasteiger partial charge < -0.3 is 4.57 Å². The Balaban J connectivity index is 1.67. The molecule has 0 radical (unpaired) electrons. The highest BCUT2D eigenvalue weighted by Gasteiger charge is 2.14. The van der Waals surface area contributed by atoms with Crippen LogP contribution in [0.4, 0.5) is 0 Å². The van der Waals surface area contributed by atoms with Crippen molar-refractivity contribution in [3.63, 3.8) is 0 Å². The van der Waals surface area contributed by atoms with Crippen LogP contribution in [-0.4, -0.2) is 41.2 Å². The molecule has 0 bridgehead atoms. The van der Waals surface area contributed by atoms with Crippen molar-refractivity contribution in [2.24, 2.45) is 5.10 Å². The van der Waals surface area contributed by atoms with E-state index in [-0.39, 0.29) is 5.91 Å². The standard InChI is InChI=1S/C20H24Cl2N4O/c1-14-10-16(12-23-24-20(27)13-25-8-4-3-5-9-25)15(2)26(14)17-6-7-18(21)19(22)11-17/h6-7,10-12H,3-5,8-9,13H2,1-2H3,(H,24,27)/b23-12-. The fourth-order valence-corrected chi connectivity index (χ4v) is 3.76. The number of benzene rings is 1. The molecule has 1 saturated heterocycles. The quantitative estimate of drug-likeness (QED) is 0.592. The lowest BCUT2D eigenvalue weighted by atomic mass is 10.1. The van der Waals surface area contributed by atoms with E-state index in [0.717, 1.165) is 48.6 Å². The molecule has 27 heavy (non-hydrogen) atoms. The Labute approximate surface area is 169 Å². The third-order valence-corrected chi connectivity index (χ3v) is 5.58. The van der Waals surface area contributed by atoms with E-state index in [1.54, 1.807) is 12.3 Å². The lowest BCUT2D eigenvalue weighted by molar-refractivity contribution is -0.122. The van der Waals surface area contributed by atoms with Gasteiger partial charge in [0.05, 0.1) is 22.8 Å². The maximum absolute atomic E-state index is 12.1. The van der Waals surface area contributed by atoms with Gasteiger partial charge in [-0.15, -0.1) is 0 Å². The van der Waals surface area contributed by atoms with Gasteiger partial charge in [0.15, 0.2) is 0 Å². The molecule has 2 heterocycles. The second kappa shape index (κ2) is 8.91. The zero-order valence-corrected chi connectivity index (χ0v) is 17.1. The summed E-state index contributed by atoms with van der Waals surface area (Å²) in [5, 5.41) is 5.18. The SMILES string of the molecule is Cc1cc(/C=N\NC(=O)CN2CCCCC2)c(C)n1-c1ccc(Cl)c(Cl)c1. The summed E-state index contributed by atoms with van der Waals surface area (Å²) in [7, 11) is 0. The number of hydrogen-bond donors (Lipinski definition) is 1. The highest BCUT2D eigenvalue weighted by molar-refractivity contribution is 6.42. The van der Waals surface area contributed by atoms with Crippen LogP contribution < -0.4 is 5.43 Å². The van der Waals surface area contributed by atoms with Gasteiger partial charge in [-0.1, -0.05) is 29.6 Å². The van der Waals surface area contributed by atoms with Gasteiger partial charge in [-0.05, 0) is 64.0 Å². The molecule has 1 aromatic carbocycles. The molecule has 2 aromatic rings. The maximum Gasteiger partial charge on any atom is 0.254 e. The molecule has 1 fully saturated rings. The summed E-state index contributed by atoms with van der Waals surface area (Å²) < 4.78 is 2.08. The Morgan fingerprint density at radius 3 is 2.59 bits per heavy atom. The molecule has 0 saturated carbocycles. The van der Waals surface area contributed by atoms with Crippen molar-refractivity contribution in [1.29, 1.82) is 0 Å². The second-order valence-corrected chi connectivity index (χ2v) is 7.70. The highest BCUT2D eigenvalue weighted by Crippen LogP contribution is 2.27. The van der Waals surface area contributed by atoms with Crippen molar-refractivity contribution in [3.05, 3.63) is 51.3 Å². The van der Waals surface area contributed by atoms with Gasteiger partial charge in [0.2, 0.25) is 0 Å². The van der Waals surface area contributed by atoms with Gasteiger partial charge >= 0.3 is 0 Å². The molecule has 1 aliphatic heterocycles. The molecule has 3 rings (SSSR count). The minimum Gasteiger partial charge on any atom is -0.318 e. The summed E-state index contributed by atoms with van der Waals surface area (Å²) in [4.78, 5) is 14.2. The summed E-state index contributed by atoms with van der Waals surface area (Å²) in [5.41, 5.74) is 6.57. The molecule has 7 heteroatoms. The number of hydrogen-bond acceptors (Lipinski definition) is 3. The summed E-state index contributed by atoms with van der Waals surface area (Å²) in [6, 6.07) is 7.57. The number of halogens is 2. The van der Waals surface area contributed by atoms with Crippen LogP contribution in [0.3, 0.4) is 0 Å². The van der Waals surface area contributed by atoms with Crippen LogP contribution in [0.15, 0.2) is 29.4 Å². The predicted octanol–water partition coefficient (Wildman–Crippen LogP) is 4.34. The minimum atomic E-state index is -0.0774. The Morgan fingerprint density at radius 2 is 1.89 bits per heavy atom. The van der Waals surface area contributed by atoms with Crippen molar-refractivity contribution in [3.8, 4) is 5.69 Å². The van der Waals surface area contributed by atoms with Crippen molar-refractivity contribution >= 4 is 35.3 Å². The lowest BCUT2D eigenvalue weighted by Gasteiger charge is -2.25. The molecule has 0 aliphatic carbocycles. The predicted molar refractivity (Wildman–Crippen MR) is 111 cm³/mol. The van der Waals surface area contributed by atoms with Crippen LogP contribution >= 0.6 is 23.2 Å². The van der Waals surface area contributed by atoms with Gasteiger partial charge in [-0.3, -0.25) is 9.69 Å². The monoisotopic (exact) mass is 406 g/mol. The molecular weight excluding hydrogens is 383 g/mol. The van der Waals surface area contributed by atoms with E-state index in [2.05, 4.69) is 20.0 Å². The topological polar surface area (TPSA) is 49.6 Å². The first-order chi connectivity index (χ1) is 13.0. The van der Waals surface area contributed by atoms with E-state index < -0.39 is 0 Å². The van der Waals surface area contributed by atoms with Crippen LogP contribution in [0.5, 0.6) is 0 Å². The Bertz CT molecular complexity index is 854. The number of rotatable bonds is 5. The average molecular weight is 407 g/mol. The van der Waals surface area contributed by atoms with Crippen LogP contribution in [0.25, 0.3) is 5.69 Å². The third kappa shape index (κ3) is 4.92. The zero-order chi connectivity index (χ0) is 19.4. The average Bonchev–Trinajstić information content (AvgIpc) is 2.92. The molecule has 0 unspecified atom stereocenters. The molecule has 1 aliphatic rings. The summed E-state index contributed by atoms with van der Waals surface area (Å²) in [6.07, 6.45) is 5.27. The van der Waals surface area contributed by atoms with Gasteiger partial charge in [0, 0.05) is 22.6 Å². The van der Waals surface area contributed by atoms with Crippen molar-refractivity contribution in [2.45, 2.75) is 33.1 Å². The van der Waals surface area contributed by atoms with Gasteiger partial charge in [-0.25, -0.2) is 5.43 Å². The molecule has 0 atom stereocenters. The van der Waals surface area contributed by atoms with E-state index in [1.807, 2.05) is 32.0 Å². The fourth-order valence-electron chi connectivity index (χ4n) is 3.47. The number of likely N-dealkylation sites (tertiary alicyclic amines) is 1. The number of nitrogens with one attached hydrogen (secondary N) is 1. The number of carbonyl (C=O) groups is 1. The summed E-state index contributed by atoms with van der Waals surface area (Å²) in [6.45, 7) is 6.40. The van der Waals surface area contributed by atoms with Crippen LogP contribution in [0, 0.1) is 13.8 Å². The van der Waals surface area contributed by atoms with Crippen LogP contribution in [-0.2, 0) is 4.79 Å². The van der Waals surface area contributed by atoms with E-state index in [9.17, 15) is 4.79 Å². The molecule has 1 N–H and O–H groups in total. The number of carbonyl (C=O) groups excluding carboxylic acids is 1. The maximum atomic E-state index is 12.1. The summed E-state index contributed by atoms with van der Waals surface area (Å²) in [5.74, 6) is -0.0774. The first-order valence-electron chi connectivity index (χ1n) is 9.14. The highest BCUT2D eigenvalue weighted by atomic mass is 35.5. The van der Waals surface area contributed by atoms with E-state index in [1.165, 1.54) is 6.42 Å². The van der Waals surface area contributed by atoms with Crippen LogP contribution in [0.1, 0.15) is 36.2 Å². The summed E-state index contributed by atoms with van der Waals surface area (Å²) >= 11 is 12.2. The first kappa shape index (κ1) is 19.9. The number of aryl methyl sites for hydroxylation is 1. The largest absolute Gasteiger partial charge is 0.318 e. The van der Waals surface area contributed by atoms with Gasteiger partial charge in [0.25, 0.3) is 5.91 Å². The number of hydrazone groups is 1. The molecule has 1 aromatic heterocycles. The van der Waals surface area contributed by atoms with E-state index in [4.69, 9.17) is 23.2 Å². The second-order valence-electron chi connectivity index (χ2n) is 6.89. The Kier molecular flexibility index (Phi) is 6.58. The molecular formula is C20H24Cl2N4O. The number of nitrogens with zero attached hydrogens (tertiary/aromatic N) is 3. The number of aromatic nitrogens is 1. The van der Waals surface area contributed by atoms with Gasteiger partial charge in [-0.2, -0.15) is 5.10 Å². The van der Waals surface area contributed by atoms with Gasteiger partial charge in [0.1, 0.15) is 0 Å². The number of amides is 1. The molecule has 0 spiro atoms. The molecule has 1 amide bonds. The lowest BCUT2D eigenvalue weighted by Crippen LogP contribution is -2.38. The zero-order valence-electron chi connectivity index (χ0n) is 15.6. The minimum absolute atomic E-state index is 0.0774.